The Hall–Kier alpha value is -14.2. The van der Waals surface area contributed by atoms with E-state index in [1.54, 1.807) is 0 Å². The van der Waals surface area contributed by atoms with Crippen LogP contribution in [0.4, 0.5) is 0 Å². The van der Waals surface area contributed by atoms with E-state index < -0.39 is 77.3 Å². The van der Waals surface area contributed by atoms with Gasteiger partial charge in [0, 0.05) is 50.2 Å². The Bertz CT molecular complexity index is 6310. The van der Waals surface area contributed by atoms with E-state index in [4.69, 9.17) is 58.3 Å². The third-order valence-electron chi connectivity index (χ3n) is 22.9. The molecule has 0 fully saturated rings. The number of rotatable bonds is 35. The van der Waals surface area contributed by atoms with Crippen LogP contribution in [0.2, 0.25) is 0 Å². The van der Waals surface area contributed by atoms with Gasteiger partial charge in [0.05, 0.1) is 35.5 Å². The maximum absolute atomic E-state index is 14.4. The van der Waals surface area contributed by atoms with E-state index in [2.05, 4.69) is 9.97 Å². The molecule has 0 saturated heterocycles. The second-order valence-electron chi connectivity index (χ2n) is 32.8. The molecule has 0 radical (unpaired) electrons. The van der Waals surface area contributed by atoms with Crippen molar-refractivity contribution in [3.8, 4) is 45.6 Å². The first-order valence-electron chi connectivity index (χ1n) is 42.6. The molecule has 0 spiro atoms. The summed E-state index contributed by atoms with van der Waals surface area (Å²) in [7, 11) is 0. The largest absolute Gasteiger partial charge is 0.481 e. The van der Waals surface area contributed by atoms with Crippen LogP contribution < -0.4 is 0 Å². The molecule has 15 rings (SSSR count). The van der Waals surface area contributed by atoms with Crippen molar-refractivity contribution in [3.63, 3.8) is 0 Å². The molecule has 8 bridgehead atoms. The fourth-order valence-electron chi connectivity index (χ4n) is 15.9. The highest BCUT2D eigenvalue weighted by Crippen LogP contribution is 2.42. The number of aliphatic carboxylic acids is 1. The van der Waals surface area contributed by atoms with Gasteiger partial charge in [-0.25, -0.2) is 29.9 Å². The van der Waals surface area contributed by atoms with Gasteiger partial charge in [-0.2, -0.15) is 0 Å². The van der Waals surface area contributed by atoms with Crippen molar-refractivity contribution < 1.29 is 67.1 Å². The van der Waals surface area contributed by atoms with Crippen LogP contribution in [-0.4, -0.2) is 86.8 Å². The van der Waals surface area contributed by atoms with Crippen LogP contribution in [0.1, 0.15) is 133 Å². The molecular formula is C103H98N8O14. The minimum Gasteiger partial charge on any atom is -0.481 e. The number of carboxylic acids is 1. The van der Waals surface area contributed by atoms with Gasteiger partial charge in [0.2, 0.25) is 0 Å². The van der Waals surface area contributed by atoms with E-state index in [1.165, 1.54) is 0 Å². The average molecular weight is 1670 g/mol. The molecule has 3 aromatic heterocycles. The molecule has 2 aliphatic heterocycles. The normalized spacial score (nSPS) is 13.0. The summed E-state index contributed by atoms with van der Waals surface area (Å²) in [5, 5.41) is 12.1. The maximum atomic E-state index is 14.4. The van der Waals surface area contributed by atoms with Crippen LogP contribution in [0.15, 0.2) is 237 Å². The number of nitrogens with zero attached hydrogens (tertiary/aromatic N) is 6. The van der Waals surface area contributed by atoms with Crippen molar-refractivity contribution in [2.45, 2.75) is 145 Å². The van der Waals surface area contributed by atoms with Gasteiger partial charge in [-0.15, -0.1) is 0 Å². The number of aromatic amines is 2. The number of carbonyl (C=O) groups excluding carboxylic acids is 6. The summed E-state index contributed by atoms with van der Waals surface area (Å²) < 4.78 is 36.0. The highest BCUT2D eigenvalue weighted by atomic mass is 16.6. The zero-order chi connectivity index (χ0) is 87.0. The minimum absolute atomic E-state index is 0.00348. The number of unbranched alkanes of at least 4 members (excludes halogenated alkanes) is 1. The summed E-state index contributed by atoms with van der Waals surface area (Å²) >= 11 is 0. The standard InChI is InChI=1S/C103H98N8O14/c1-62(98(114)120-56-69-28-13-7-14-29-69)43-75-50-83-84(51-76(75)44-63(2)99(115)121-57-70-30-15-8-16-31-70)94-107-92(83)105-90-81-42-41-68(27-25-26-40-89(112)113)49-82(81)91(104-90)106-93-85-52-77(45-64(3)100(116)122-58-71-32-17-9-18-33-71)78(46-65(4)101(117)123-59-72-34-19-10-20-35-72)53-86(85)95(108-93)110-97-88-55-80(48-67(6)103(119)125-61-74-38-23-12-24-39-74)79(54-87(88)96(109-94)111-97)47-66(5)102(118)124-60-73-36-21-11-22-37-73/h7-24,28-39,41-42,49-55,62-67H,25-27,40,43-48,56-61H2,1-6H3,(H,112,113)(H2,104,105,106,107,108,109,110,111). The van der Waals surface area contributed by atoms with Crippen LogP contribution in [0, 0.1) is 35.5 Å². The number of fused-ring (bicyclic) bond motifs is 20. The number of hydrogen-bond donors (Lipinski definition) is 3. The number of carbonyl (C=O) groups is 7. The van der Waals surface area contributed by atoms with E-state index >= 15 is 0 Å². The predicted octanol–water partition coefficient (Wildman–Crippen LogP) is 19.2. The zero-order valence-corrected chi connectivity index (χ0v) is 70.7. The summed E-state index contributed by atoms with van der Waals surface area (Å²) in [4.78, 5) is 138. The van der Waals surface area contributed by atoms with Crippen LogP contribution in [0.3, 0.4) is 0 Å². The summed E-state index contributed by atoms with van der Waals surface area (Å²) in [6.45, 7) is 11.2. The SMILES string of the molecule is CC(Cc1cc2c(cc1CC(C)C(=O)OCc1ccccc1)-c1nc-2nc2[nH]c(nc3nc(nc4[nH]c(n1)c1cc(CC(C)C(=O)OCc5ccccc5)c(CC(C)C(=O)OCc5ccccc5)cc41)-c1cc(CC(C)C(=O)OCc4ccccc4)c(CC(C)C(=O)OCc4ccccc4)cc1-3)c1cc(CCCCC(=O)O)ccc21)C(=O)OCc1ccccc1. The van der Waals surface area contributed by atoms with Crippen molar-refractivity contribution in [3.05, 3.63) is 309 Å². The fourth-order valence-corrected chi connectivity index (χ4v) is 15.9. The summed E-state index contributed by atoms with van der Waals surface area (Å²) in [6, 6.07) is 74.4. The van der Waals surface area contributed by atoms with Gasteiger partial charge in [-0.05, 0) is 173 Å². The van der Waals surface area contributed by atoms with Gasteiger partial charge in [0.25, 0.3) is 0 Å². The lowest BCUT2D eigenvalue weighted by molar-refractivity contribution is -0.150. The number of aryl methyl sites for hydroxylation is 1. The van der Waals surface area contributed by atoms with Gasteiger partial charge in [0.1, 0.15) is 62.2 Å². The Balaban J connectivity index is 0.960. The molecule has 13 aromatic rings. The fraction of sp³-hybridized carbons (Fsp3) is 0.272. The Labute approximate surface area is 724 Å². The highest BCUT2D eigenvalue weighted by molar-refractivity contribution is 6.07. The molecule has 6 unspecified atom stereocenters. The summed E-state index contributed by atoms with van der Waals surface area (Å²) in [5.74, 6) is -6.88. The molecule has 634 valence electrons. The van der Waals surface area contributed by atoms with Crippen molar-refractivity contribution >= 4 is 85.9 Å². The molecule has 125 heavy (non-hydrogen) atoms. The lowest BCUT2D eigenvalue weighted by Crippen LogP contribution is -2.20. The monoisotopic (exact) mass is 1670 g/mol. The van der Waals surface area contributed by atoms with Crippen molar-refractivity contribution in [2.24, 2.45) is 35.5 Å². The lowest BCUT2D eigenvalue weighted by Gasteiger charge is -2.18. The average Bonchev–Trinajstić information content (AvgIpc) is 1.60. The first-order chi connectivity index (χ1) is 60.7. The van der Waals surface area contributed by atoms with Crippen LogP contribution in [0.5, 0.6) is 0 Å². The lowest BCUT2D eigenvalue weighted by atomic mass is 9.88. The number of esters is 6. The van der Waals surface area contributed by atoms with Gasteiger partial charge >= 0.3 is 41.8 Å². The van der Waals surface area contributed by atoms with Gasteiger partial charge in [-0.3, -0.25) is 33.6 Å². The van der Waals surface area contributed by atoms with Crippen LogP contribution >= 0.6 is 0 Å². The molecule has 0 aliphatic carbocycles. The van der Waals surface area contributed by atoms with Crippen molar-refractivity contribution in [1.29, 1.82) is 0 Å². The molecule has 5 heterocycles. The number of benzene rings is 10. The number of ether oxygens (including phenoxy) is 6. The molecular weight excluding hydrogens is 1570 g/mol. The van der Waals surface area contributed by atoms with Crippen molar-refractivity contribution in [1.82, 2.24) is 39.9 Å². The smallest absolute Gasteiger partial charge is 0.309 e. The van der Waals surface area contributed by atoms with E-state index in [9.17, 15) is 38.7 Å². The Morgan fingerprint density at radius 3 is 0.752 bits per heavy atom. The number of aromatic nitrogens is 8. The summed E-state index contributed by atoms with van der Waals surface area (Å²) in [5.41, 5.74) is 13.5. The number of H-pyrrole nitrogens is 2. The second kappa shape index (κ2) is 39.8. The summed E-state index contributed by atoms with van der Waals surface area (Å²) in [6.07, 6.45) is 2.55. The molecule has 6 atom stereocenters. The van der Waals surface area contributed by atoms with Gasteiger partial charge in [-0.1, -0.05) is 236 Å². The molecule has 22 heteroatoms. The number of carboxylic acid groups (broad SMARTS) is 1. The Kier molecular flexibility index (Phi) is 27.3. The predicted molar refractivity (Wildman–Crippen MR) is 476 cm³/mol. The molecule has 3 N–H and O–H groups in total. The first-order valence-corrected chi connectivity index (χ1v) is 42.6. The van der Waals surface area contributed by atoms with Gasteiger partial charge in [0.15, 0.2) is 23.3 Å². The van der Waals surface area contributed by atoms with E-state index in [0.717, 1.165) is 38.9 Å². The Morgan fingerprint density at radius 1 is 0.272 bits per heavy atom. The number of hydrogen-bond acceptors (Lipinski definition) is 19. The highest BCUT2D eigenvalue weighted by Gasteiger charge is 2.32. The maximum Gasteiger partial charge on any atom is 0.309 e. The van der Waals surface area contributed by atoms with Gasteiger partial charge < -0.3 is 43.5 Å². The first kappa shape index (κ1) is 85.8. The zero-order valence-electron chi connectivity index (χ0n) is 70.7. The number of nitrogens with one attached hydrogen (secondary N) is 2. The van der Waals surface area contributed by atoms with Crippen LogP contribution in [-0.2, 0) is 147 Å². The molecule has 22 nitrogen and oxygen atoms in total. The minimum atomic E-state index is -0.886. The third-order valence-corrected chi connectivity index (χ3v) is 22.9. The molecule has 10 aromatic carbocycles. The second-order valence-corrected chi connectivity index (χ2v) is 32.8. The topological polar surface area (TPSA) is 304 Å². The van der Waals surface area contributed by atoms with Crippen molar-refractivity contribution in [2.75, 3.05) is 0 Å². The molecule has 0 amide bonds. The Morgan fingerprint density at radius 2 is 0.504 bits per heavy atom. The van der Waals surface area contributed by atoms with Crippen LogP contribution in [0.25, 0.3) is 89.7 Å². The van der Waals surface area contributed by atoms with E-state index in [1.807, 2.05) is 278 Å². The quantitative estimate of drug-likeness (QED) is 0.0189. The molecule has 0 saturated carbocycles. The van der Waals surface area contributed by atoms with E-state index in [-0.39, 0.29) is 119 Å². The molecule has 2 aliphatic rings. The third kappa shape index (κ3) is 21.5. The van der Waals surface area contributed by atoms with E-state index in [0.29, 0.717) is 108 Å².